The maximum atomic E-state index is 13.4. The fraction of sp³-hybridized carbons (Fsp3) is 0.308. The Morgan fingerprint density at radius 3 is 2.82 bits per heavy atom. The van der Waals surface area contributed by atoms with Crippen molar-refractivity contribution < 1.29 is 13.6 Å². The van der Waals surface area contributed by atoms with E-state index in [-0.39, 0.29) is 18.4 Å². The van der Waals surface area contributed by atoms with Crippen molar-refractivity contribution in [3.8, 4) is 12.3 Å². The first-order valence-corrected chi connectivity index (χ1v) is 5.28. The Kier molecular flexibility index (Phi) is 3.10. The zero-order valence-corrected chi connectivity index (χ0v) is 9.12. The number of likely N-dealkylation sites (tertiary alicyclic amines) is 1. The smallest absolute Gasteiger partial charge is 0.224 e. The van der Waals surface area contributed by atoms with Crippen molar-refractivity contribution in [3.63, 3.8) is 0 Å². The summed E-state index contributed by atoms with van der Waals surface area (Å²) in [4.78, 5) is 13.1. The van der Waals surface area contributed by atoms with E-state index in [2.05, 4.69) is 5.92 Å². The van der Waals surface area contributed by atoms with Crippen molar-refractivity contribution in [2.24, 2.45) is 5.92 Å². The van der Waals surface area contributed by atoms with E-state index in [9.17, 15) is 13.6 Å². The molecule has 1 aliphatic heterocycles. The SMILES string of the molecule is C#CC1CC(=O)N(Cc2ccc(F)cc2F)C1. The molecule has 0 aromatic heterocycles. The summed E-state index contributed by atoms with van der Waals surface area (Å²) >= 11 is 0. The van der Waals surface area contributed by atoms with Crippen LogP contribution in [0.3, 0.4) is 0 Å². The van der Waals surface area contributed by atoms with E-state index >= 15 is 0 Å². The molecule has 1 atom stereocenters. The highest BCUT2D eigenvalue weighted by Gasteiger charge is 2.28. The van der Waals surface area contributed by atoms with Gasteiger partial charge in [-0.25, -0.2) is 8.78 Å². The summed E-state index contributed by atoms with van der Waals surface area (Å²) in [5.74, 6) is 1.06. The minimum absolute atomic E-state index is 0.0864. The topological polar surface area (TPSA) is 20.3 Å². The van der Waals surface area contributed by atoms with Crippen LogP contribution < -0.4 is 0 Å². The Labute approximate surface area is 98.2 Å². The molecule has 0 aliphatic carbocycles. The van der Waals surface area contributed by atoms with Gasteiger partial charge in [-0.05, 0) is 6.07 Å². The van der Waals surface area contributed by atoms with Gasteiger partial charge >= 0.3 is 0 Å². The largest absolute Gasteiger partial charge is 0.337 e. The van der Waals surface area contributed by atoms with Gasteiger partial charge in [0.15, 0.2) is 0 Å². The van der Waals surface area contributed by atoms with Crippen LogP contribution in [0.1, 0.15) is 12.0 Å². The fourth-order valence-corrected chi connectivity index (χ4v) is 1.89. The number of amides is 1. The molecule has 2 nitrogen and oxygen atoms in total. The monoisotopic (exact) mass is 235 g/mol. The predicted octanol–water partition coefficient (Wildman–Crippen LogP) is 1.95. The Hall–Kier alpha value is -1.89. The second-order valence-electron chi connectivity index (χ2n) is 4.08. The van der Waals surface area contributed by atoms with E-state index in [1.165, 1.54) is 17.0 Å². The first-order chi connectivity index (χ1) is 8.10. The van der Waals surface area contributed by atoms with Gasteiger partial charge < -0.3 is 4.90 Å². The zero-order chi connectivity index (χ0) is 12.4. The van der Waals surface area contributed by atoms with Crippen LogP contribution >= 0.6 is 0 Å². The van der Waals surface area contributed by atoms with Crippen molar-refractivity contribution in [1.29, 1.82) is 0 Å². The van der Waals surface area contributed by atoms with Crippen molar-refractivity contribution >= 4 is 5.91 Å². The number of carbonyl (C=O) groups excluding carboxylic acids is 1. The summed E-state index contributed by atoms with van der Waals surface area (Å²) in [6.45, 7) is 0.579. The minimum atomic E-state index is -0.637. The number of carbonyl (C=O) groups is 1. The van der Waals surface area contributed by atoms with Crippen molar-refractivity contribution in [2.45, 2.75) is 13.0 Å². The van der Waals surface area contributed by atoms with Crippen LogP contribution in [-0.4, -0.2) is 17.4 Å². The number of hydrogen-bond donors (Lipinski definition) is 0. The highest BCUT2D eigenvalue weighted by atomic mass is 19.1. The van der Waals surface area contributed by atoms with Crippen LogP contribution in [0.15, 0.2) is 18.2 Å². The average Bonchev–Trinajstić information content (AvgIpc) is 2.64. The molecule has 0 N–H and O–H groups in total. The van der Waals surface area contributed by atoms with Crippen LogP contribution in [0.2, 0.25) is 0 Å². The summed E-state index contributed by atoms with van der Waals surface area (Å²) in [6, 6.07) is 3.34. The van der Waals surface area contributed by atoms with Gasteiger partial charge in [0.1, 0.15) is 11.6 Å². The van der Waals surface area contributed by atoms with Gasteiger partial charge in [-0.3, -0.25) is 4.79 Å². The number of benzene rings is 1. The third kappa shape index (κ3) is 2.44. The predicted molar refractivity (Wildman–Crippen MR) is 58.7 cm³/mol. The molecule has 1 saturated heterocycles. The molecular weight excluding hydrogens is 224 g/mol. The van der Waals surface area contributed by atoms with E-state index in [0.29, 0.717) is 18.5 Å². The number of terminal acetylenes is 1. The summed E-state index contributed by atoms with van der Waals surface area (Å²) in [7, 11) is 0. The average molecular weight is 235 g/mol. The van der Waals surface area contributed by atoms with Gasteiger partial charge in [-0.1, -0.05) is 6.07 Å². The molecule has 0 spiro atoms. The standard InChI is InChI=1S/C13H11F2NO/c1-2-9-5-13(17)16(7-9)8-10-3-4-11(14)6-12(10)15/h1,3-4,6,9H,5,7-8H2. The number of halogens is 2. The fourth-order valence-electron chi connectivity index (χ4n) is 1.89. The van der Waals surface area contributed by atoms with Crippen molar-refractivity contribution in [3.05, 3.63) is 35.4 Å². The molecule has 17 heavy (non-hydrogen) atoms. The molecule has 1 aromatic carbocycles. The Balaban J connectivity index is 2.12. The second-order valence-corrected chi connectivity index (χ2v) is 4.08. The summed E-state index contributed by atoms with van der Waals surface area (Å²) in [6.07, 6.45) is 5.55. The van der Waals surface area contributed by atoms with Crippen LogP contribution in [0, 0.1) is 29.9 Å². The van der Waals surface area contributed by atoms with Crippen LogP contribution in [0.5, 0.6) is 0 Å². The summed E-state index contributed by atoms with van der Waals surface area (Å²) in [5.41, 5.74) is 0.303. The van der Waals surface area contributed by atoms with Crippen LogP contribution in [0.25, 0.3) is 0 Å². The first kappa shape index (κ1) is 11.6. The van der Waals surface area contributed by atoms with Crippen molar-refractivity contribution in [2.75, 3.05) is 6.54 Å². The summed E-state index contributed by atoms with van der Waals surface area (Å²) in [5, 5.41) is 0. The lowest BCUT2D eigenvalue weighted by Crippen LogP contribution is -2.25. The second kappa shape index (κ2) is 4.54. The lowest BCUT2D eigenvalue weighted by Gasteiger charge is -2.16. The third-order valence-corrected chi connectivity index (χ3v) is 2.83. The van der Waals surface area contributed by atoms with Crippen molar-refractivity contribution in [1.82, 2.24) is 4.90 Å². The van der Waals surface area contributed by atoms with Crippen LogP contribution in [0.4, 0.5) is 8.78 Å². The summed E-state index contributed by atoms with van der Waals surface area (Å²) < 4.78 is 26.1. The molecule has 1 unspecified atom stereocenters. The van der Waals surface area contributed by atoms with E-state index in [4.69, 9.17) is 6.42 Å². The molecule has 88 valence electrons. The van der Waals surface area contributed by atoms with Gasteiger partial charge in [0.25, 0.3) is 0 Å². The van der Waals surface area contributed by atoms with Crippen LogP contribution in [-0.2, 0) is 11.3 Å². The van der Waals surface area contributed by atoms with E-state index in [1.807, 2.05) is 0 Å². The van der Waals surface area contributed by atoms with Gasteiger partial charge in [0.05, 0.1) is 0 Å². The molecule has 1 aliphatic rings. The lowest BCUT2D eigenvalue weighted by atomic mass is 10.1. The molecule has 0 radical (unpaired) electrons. The molecule has 1 heterocycles. The molecule has 0 bridgehead atoms. The lowest BCUT2D eigenvalue weighted by molar-refractivity contribution is -0.128. The highest BCUT2D eigenvalue weighted by Crippen LogP contribution is 2.20. The molecular formula is C13H11F2NO. The normalized spacial score (nSPS) is 19.5. The van der Waals surface area contributed by atoms with Gasteiger partial charge in [0, 0.05) is 37.1 Å². The minimum Gasteiger partial charge on any atom is -0.337 e. The molecule has 1 aromatic rings. The Morgan fingerprint density at radius 1 is 1.47 bits per heavy atom. The van der Waals surface area contributed by atoms with E-state index in [0.717, 1.165) is 6.07 Å². The van der Waals surface area contributed by atoms with Gasteiger partial charge in [-0.2, -0.15) is 0 Å². The number of hydrogen-bond acceptors (Lipinski definition) is 1. The van der Waals surface area contributed by atoms with Gasteiger partial charge in [0.2, 0.25) is 5.91 Å². The first-order valence-electron chi connectivity index (χ1n) is 5.28. The number of nitrogens with zero attached hydrogens (tertiary/aromatic N) is 1. The quantitative estimate of drug-likeness (QED) is 0.717. The molecule has 4 heteroatoms. The maximum Gasteiger partial charge on any atom is 0.224 e. The molecule has 0 saturated carbocycles. The maximum absolute atomic E-state index is 13.4. The molecule has 1 amide bonds. The molecule has 1 fully saturated rings. The third-order valence-electron chi connectivity index (χ3n) is 2.83. The highest BCUT2D eigenvalue weighted by molar-refractivity contribution is 5.79. The Bertz CT molecular complexity index is 493. The van der Waals surface area contributed by atoms with E-state index < -0.39 is 11.6 Å². The van der Waals surface area contributed by atoms with Gasteiger partial charge in [-0.15, -0.1) is 12.3 Å². The molecule has 2 rings (SSSR count). The Morgan fingerprint density at radius 2 is 2.24 bits per heavy atom. The number of rotatable bonds is 2. The zero-order valence-electron chi connectivity index (χ0n) is 9.12. The van der Waals surface area contributed by atoms with E-state index in [1.54, 1.807) is 0 Å².